The summed E-state index contributed by atoms with van der Waals surface area (Å²) in [6.07, 6.45) is 15.9. The minimum atomic E-state index is -0.950. The maximum absolute atomic E-state index is 13.1. The summed E-state index contributed by atoms with van der Waals surface area (Å²) in [6.45, 7) is 13.1. The van der Waals surface area contributed by atoms with Crippen LogP contribution in [0.25, 0.3) is 0 Å². The van der Waals surface area contributed by atoms with E-state index in [0.29, 0.717) is 24.8 Å². The highest BCUT2D eigenvalue weighted by Crippen LogP contribution is 2.67. The molecule has 0 bridgehead atoms. The van der Waals surface area contributed by atoms with Crippen LogP contribution in [0.2, 0.25) is 0 Å². The van der Waals surface area contributed by atoms with Gasteiger partial charge in [0.05, 0.1) is 26.9 Å². The summed E-state index contributed by atoms with van der Waals surface area (Å²) in [7, 11) is 3.32. The number of aliphatic hydroxyl groups excluding tert-OH is 1. The Morgan fingerprint density at radius 1 is 0.787 bits per heavy atom. The third-order valence-electron chi connectivity index (χ3n) is 16.2. The highest BCUT2D eigenvalue weighted by Gasteiger charge is 2.59. The number of allylic oxidation sites excluding steroid dienone is 1. The molecule has 4 aliphatic carbocycles. The summed E-state index contributed by atoms with van der Waals surface area (Å²) in [6, 6.07) is 26.1. The van der Waals surface area contributed by atoms with Crippen molar-refractivity contribution < 1.29 is 28.8 Å². The van der Waals surface area contributed by atoms with Gasteiger partial charge >= 0.3 is 6.09 Å². The largest absolute Gasteiger partial charge is 0.497 e. The number of methoxy groups -OCH3 is 2. The maximum atomic E-state index is 13.1. The first-order valence-corrected chi connectivity index (χ1v) is 23.7. The molecule has 9 atom stereocenters. The second-order valence-electron chi connectivity index (χ2n) is 20.1. The zero-order valence-corrected chi connectivity index (χ0v) is 38.3. The zero-order chi connectivity index (χ0) is 43.2. The molecule has 7 heteroatoms. The average Bonchev–Trinajstić information content (AvgIpc) is 3.63. The summed E-state index contributed by atoms with van der Waals surface area (Å²) in [5.74, 6) is 6.39. The second kappa shape index (κ2) is 19.7. The first-order valence-electron chi connectivity index (χ1n) is 23.7. The number of hydrogen-bond donors (Lipinski definition) is 2. The molecule has 1 amide bonds. The molecule has 3 saturated carbocycles. The minimum absolute atomic E-state index is 0.104. The number of fused-ring (bicyclic) bond motifs is 5. The molecule has 0 aromatic heterocycles. The fraction of sp³-hybridized carbons (Fsp3) is 0.611. The predicted molar refractivity (Wildman–Crippen MR) is 245 cm³/mol. The van der Waals surface area contributed by atoms with Crippen LogP contribution in [0.15, 0.2) is 90.5 Å². The third kappa shape index (κ3) is 9.59. The molecule has 0 spiro atoms. The van der Waals surface area contributed by atoms with Gasteiger partial charge in [-0.3, -0.25) is 0 Å². The lowest BCUT2D eigenvalue weighted by Gasteiger charge is -2.58. The van der Waals surface area contributed by atoms with Crippen molar-refractivity contribution in [1.82, 2.24) is 5.32 Å². The standard InChI is InChI=1S/C54H75NO6/c1-37(2)12-11-13-38(3)48-26-27-49-47-25-20-42-36-46(28-32-52(42,4)50(47)29-33-53(48,49)5)61-51(57)55-34-30-43(56)31-35-60-54(39-14-9-8-10-15-39,40-16-21-44(58-6)22-17-40)41-18-23-45(59-7)24-19-41/h8-10,14-24,37-38,43,46-50,56H,11-13,25-36H2,1-7H3,(H,55,57)/t38-,43?,46+,47?,48-,49?,50?,52+,53-/m0/s1. The Morgan fingerprint density at radius 3 is 2.08 bits per heavy atom. The Kier molecular flexibility index (Phi) is 14.6. The number of ether oxygens (including phenoxy) is 4. The minimum Gasteiger partial charge on any atom is -0.497 e. The summed E-state index contributed by atoms with van der Waals surface area (Å²) >= 11 is 0. The number of alkyl carbamates (subject to hydrolysis) is 1. The predicted octanol–water partition coefficient (Wildman–Crippen LogP) is 12.3. The van der Waals surface area contributed by atoms with E-state index in [1.165, 1.54) is 56.9 Å². The molecule has 2 N–H and O–H groups in total. The van der Waals surface area contributed by atoms with Crippen LogP contribution >= 0.6 is 0 Å². The summed E-state index contributed by atoms with van der Waals surface area (Å²) < 4.78 is 23.9. The van der Waals surface area contributed by atoms with E-state index in [2.05, 4.69) is 58.1 Å². The number of benzene rings is 3. The Morgan fingerprint density at radius 2 is 1.44 bits per heavy atom. The van der Waals surface area contributed by atoms with Gasteiger partial charge < -0.3 is 29.4 Å². The van der Waals surface area contributed by atoms with E-state index >= 15 is 0 Å². The van der Waals surface area contributed by atoms with Crippen LogP contribution in [0.3, 0.4) is 0 Å². The topological polar surface area (TPSA) is 86.2 Å². The SMILES string of the molecule is COc1ccc(C(OCCC(O)CCNC(=O)O[C@@H]2CC[C@]3(C)C(=CCC4C3CC[C@]3(C)C4CC[C@H]3[C@@H](C)CCCC(C)C)C2)(c2ccccc2)c2ccc(OC)cc2)cc1. The number of carbonyl (C=O) groups is 1. The number of aliphatic hydroxyl groups is 1. The molecule has 61 heavy (non-hydrogen) atoms. The second-order valence-corrected chi connectivity index (χ2v) is 20.1. The van der Waals surface area contributed by atoms with Gasteiger partial charge in [-0.15, -0.1) is 0 Å². The van der Waals surface area contributed by atoms with E-state index in [1.54, 1.807) is 14.2 Å². The van der Waals surface area contributed by atoms with Gasteiger partial charge in [-0.1, -0.05) is 120 Å². The van der Waals surface area contributed by atoms with Crippen molar-refractivity contribution in [2.45, 2.75) is 136 Å². The molecule has 0 aliphatic heterocycles. The lowest BCUT2D eigenvalue weighted by molar-refractivity contribution is -0.0581. The van der Waals surface area contributed by atoms with E-state index in [1.807, 2.05) is 66.7 Å². The fourth-order valence-corrected chi connectivity index (χ4v) is 12.9. The zero-order valence-electron chi connectivity index (χ0n) is 38.3. The molecule has 7 rings (SSSR count). The van der Waals surface area contributed by atoms with Gasteiger partial charge in [-0.2, -0.15) is 0 Å². The summed E-state index contributed by atoms with van der Waals surface area (Å²) in [4.78, 5) is 13.1. The van der Waals surface area contributed by atoms with Gasteiger partial charge in [0.1, 0.15) is 23.2 Å². The van der Waals surface area contributed by atoms with E-state index < -0.39 is 11.7 Å². The van der Waals surface area contributed by atoms with Crippen molar-refractivity contribution in [2.75, 3.05) is 27.4 Å². The van der Waals surface area contributed by atoms with E-state index in [0.717, 1.165) is 83.0 Å². The van der Waals surface area contributed by atoms with Gasteiger partial charge in [0, 0.05) is 13.0 Å². The molecule has 3 fully saturated rings. The lowest BCUT2D eigenvalue weighted by atomic mass is 9.47. The van der Waals surface area contributed by atoms with E-state index in [4.69, 9.17) is 18.9 Å². The summed E-state index contributed by atoms with van der Waals surface area (Å²) in [5, 5.41) is 14.1. The number of amides is 1. The first-order chi connectivity index (χ1) is 29.4. The monoisotopic (exact) mass is 834 g/mol. The molecular formula is C54H75NO6. The van der Waals surface area contributed by atoms with Gasteiger partial charge in [0.15, 0.2) is 0 Å². The van der Waals surface area contributed by atoms with Crippen LogP contribution < -0.4 is 14.8 Å². The molecule has 0 heterocycles. The van der Waals surface area contributed by atoms with Crippen molar-refractivity contribution >= 4 is 6.09 Å². The number of nitrogens with one attached hydrogen (secondary N) is 1. The van der Waals surface area contributed by atoms with Gasteiger partial charge in [-0.25, -0.2) is 4.79 Å². The van der Waals surface area contributed by atoms with Crippen molar-refractivity contribution in [2.24, 2.45) is 46.3 Å². The van der Waals surface area contributed by atoms with Gasteiger partial charge in [-0.05, 0) is 145 Å². The Balaban J connectivity index is 0.909. The first kappa shape index (κ1) is 45.2. The highest BCUT2D eigenvalue weighted by molar-refractivity contribution is 5.67. The third-order valence-corrected chi connectivity index (χ3v) is 16.2. The van der Waals surface area contributed by atoms with Crippen LogP contribution in [0.4, 0.5) is 4.79 Å². The van der Waals surface area contributed by atoms with Crippen LogP contribution in [0.5, 0.6) is 11.5 Å². The van der Waals surface area contributed by atoms with Crippen LogP contribution in [0, 0.1) is 46.3 Å². The maximum Gasteiger partial charge on any atom is 0.407 e. The van der Waals surface area contributed by atoms with Gasteiger partial charge in [0.2, 0.25) is 0 Å². The summed E-state index contributed by atoms with van der Waals surface area (Å²) in [5.41, 5.74) is 4.14. The van der Waals surface area contributed by atoms with Crippen molar-refractivity contribution in [3.8, 4) is 11.5 Å². The molecular weight excluding hydrogens is 759 g/mol. The quantitative estimate of drug-likeness (QED) is 0.0981. The molecule has 0 radical (unpaired) electrons. The Bertz CT molecular complexity index is 1840. The van der Waals surface area contributed by atoms with E-state index in [-0.39, 0.29) is 24.2 Å². The molecule has 0 saturated heterocycles. The van der Waals surface area contributed by atoms with Crippen LogP contribution in [-0.4, -0.2) is 50.8 Å². The van der Waals surface area contributed by atoms with Crippen molar-refractivity contribution in [1.29, 1.82) is 0 Å². The number of hydrogen-bond acceptors (Lipinski definition) is 6. The number of carbonyl (C=O) groups excluding carboxylic acids is 1. The molecule has 3 aromatic rings. The van der Waals surface area contributed by atoms with Crippen LogP contribution in [-0.2, 0) is 15.1 Å². The lowest BCUT2D eigenvalue weighted by Crippen LogP contribution is -2.51. The molecule has 4 unspecified atom stereocenters. The number of rotatable bonds is 18. The normalized spacial score (nSPS) is 28.1. The van der Waals surface area contributed by atoms with Crippen molar-refractivity contribution in [3.05, 3.63) is 107 Å². The Hall–Kier alpha value is -3.81. The highest BCUT2D eigenvalue weighted by atomic mass is 16.6. The van der Waals surface area contributed by atoms with Gasteiger partial charge in [0.25, 0.3) is 0 Å². The average molecular weight is 834 g/mol. The Labute approximate surface area is 367 Å². The molecule has 3 aromatic carbocycles. The molecule has 332 valence electrons. The van der Waals surface area contributed by atoms with Crippen LogP contribution in [0.1, 0.15) is 135 Å². The molecule has 4 aliphatic rings. The van der Waals surface area contributed by atoms with Crippen molar-refractivity contribution in [3.63, 3.8) is 0 Å². The fourth-order valence-electron chi connectivity index (χ4n) is 12.9. The van der Waals surface area contributed by atoms with E-state index in [9.17, 15) is 9.90 Å². The smallest absolute Gasteiger partial charge is 0.407 e. The molecule has 7 nitrogen and oxygen atoms in total.